The van der Waals surface area contributed by atoms with E-state index < -0.39 is 0 Å². The number of aromatic nitrogens is 2. The first-order chi connectivity index (χ1) is 11.0. The van der Waals surface area contributed by atoms with Gasteiger partial charge in [0.2, 0.25) is 0 Å². The van der Waals surface area contributed by atoms with Crippen LogP contribution in [0.1, 0.15) is 17.7 Å². The van der Waals surface area contributed by atoms with E-state index in [9.17, 15) is 9.90 Å². The molecule has 0 spiro atoms. The fourth-order valence-electron chi connectivity index (χ4n) is 2.86. The topological polar surface area (TPSA) is 70.4 Å². The van der Waals surface area contributed by atoms with E-state index in [1.54, 1.807) is 27.8 Å². The van der Waals surface area contributed by atoms with E-state index in [4.69, 9.17) is 11.6 Å². The summed E-state index contributed by atoms with van der Waals surface area (Å²) in [6, 6.07) is 6.81. The first kappa shape index (κ1) is 15.8. The van der Waals surface area contributed by atoms with Gasteiger partial charge in [-0.25, -0.2) is 0 Å². The molecule has 1 saturated heterocycles. The molecule has 2 N–H and O–H groups in total. The van der Waals surface area contributed by atoms with Gasteiger partial charge in [0.25, 0.3) is 5.91 Å². The second kappa shape index (κ2) is 6.22. The van der Waals surface area contributed by atoms with Gasteiger partial charge in [0.15, 0.2) is 0 Å². The van der Waals surface area contributed by atoms with Crippen LogP contribution in [0.25, 0.3) is 0 Å². The number of halogens is 1. The Morgan fingerprint density at radius 2 is 2.22 bits per heavy atom. The number of amides is 1. The standard InChI is InChI=1S/C16H19ClN4O2/c1-10-7-15(20(2)19-10)21-6-5-13(16(21)23)18-14-8-11(9-22)3-4-12(14)17/h3-4,7-8,13,18,22H,5-6,9H2,1-2H3. The van der Waals surface area contributed by atoms with Gasteiger partial charge in [0.05, 0.1) is 23.0 Å². The first-order valence-electron chi connectivity index (χ1n) is 7.47. The lowest BCUT2D eigenvalue weighted by molar-refractivity contribution is -0.117. The number of anilines is 2. The van der Waals surface area contributed by atoms with E-state index in [2.05, 4.69) is 10.4 Å². The van der Waals surface area contributed by atoms with Crippen LogP contribution in [0.3, 0.4) is 0 Å². The third kappa shape index (κ3) is 3.04. The molecule has 1 aliphatic heterocycles. The van der Waals surface area contributed by atoms with E-state index >= 15 is 0 Å². The number of carbonyl (C=O) groups excluding carboxylic acids is 1. The van der Waals surface area contributed by atoms with Gasteiger partial charge in [-0.2, -0.15) is 5.10 Å². The van der Waals surface area contributed by atoms with Crippen LogP contribution in [-0.2, 0) is 18.4 Å². The summed E-state index contributed by atoms with van der Waals surface area (Å²) in [5.41, 5.74) is 2.30. The molecule has 1 amide bonds. The lowest BCUT2D eigenvalue weighted by atomic mass is 10.2. The van der Waals surface area contributed by atoms with Crippen molar-refractivity contribution in [3.8, 4) is 0 Å². The number of nitrogens with zero attached hydrogens (tertiary/aromatic N) is 3. The molecule has 3 rings (SSSR count). The number of aryl methyl sites for hydroxylation is 2. The average Bonchev–Trinajstić information content (AvgIpc) is 3.04. The molecule has 2 aromatic rings. The van der Waals surface area contributed by atoms with Crippen LogP contribution in [-0.4, -0.2) is 33.4 Å². The van der Waals surface area contributed by atoms with Crippen LogP contribution >= 0.6 is 11.6 Å². The van der Waals surface area contributed by atoms with Crippen LogP contribution in [0.4, 0.5) is 11.5 Å². The Morgan fingerprint density at radius 3 is 2.87 bits per heavy atom. The lowest BCUT2D eigenvalue weighted by Crippen LogP contribution is -2.34. The molecule has 1 aromatic heterocycles. The minimum atomic E-state index is -0.336. The van der Waals surface area contributed by atoms with Gasteiger partial charge in [-0.15, -0.1) is 0 Å². The van der Waals surface area contributed by atoms with Crippen LogP contribution in [0.15, 0.2) is 24.3 Å². The number of aliphatic hydroxyl groups excluding tert-OH is 1. The Morgan fingerprint density at radius 1 is 1.43 bits per heavy atom. The molecule has 2 heterocycles. The summed E-state index contributed by atoms with van der Waals surface area (Å²) in [6.07, 6.45) is 0.683. The molecular weight excluding hydrogens is 316 g/mol. The summed E-state index contributed by atoms with van der Waals surface area (Å²) in [6.45, 7) is 2.47. The largest absolute Gasteiger partial charge is 0.392 e. The van der Waals surface area contributed by atoms with Gasteiger partial charge in [-0.3, -0.25) is 14.4 Å². The Kier molecular flexibility index (Phi) is 4.28. The highest BCUT2D eigenvalue weighted by Gasteiger charge is 2.34. The van der Waals surface area contributed by atoms with Crippen molar-refractivity contribution in [1.82, 2.24) is 9.78 Å². The Hall–Kier alpha value is -2.05. The highest BCUT2D eigenvalue weighted by molar-refractivity contribution is 6.33. The highest BCUT2D eigenvalue weighted by atomic mass is 35.5. The van der Waals surface area contributed by atoms with E-state index in [0.717, 1.165) is 17.1 Å². The lowest BCUT2D eigenvalue weighted by Gasteiger charge is -2.18. The molecule has 1 fully saturated rings. The quantitative estimate of drug-likeness (QED) is 0.898. The minimum absolute atomic E-state index is 0.00142. The first-order valence-corrected chi connectivity index (χ1v) is 7.85. The normalized spacial score (nSPS) is 17.8. The van der Waals surface area contributed by atoms with Crippen LogP contribution in [0, 0.1) is 6.92 Å². The third-order valence-corrected chi connectivity index (χ3v) is 4.33. The van der Waals surface area contributed by atoms with Gasteiger partial charge < -0.3 is 10.4 Å². The molecule has 1 unspecified atom stereocenters. The van der Waals surface area contributed by atoms with Crippen molar-refractivity contribution in [2.45, 2.75) is 26.0 Å². The Bertz CT molecular complexity index is 744. The summed E-state index contributed by atoms with van der Waals surface area (Å²) in [4.78, 5) is 14.4. The average molecular weight is 335 g/mol. The smallest absolute Gasteiger partial charge is 0.250 e. The minimum Gasteiger partial charge on any atom is -0.392 e. The van der Waals surface area contributed by atoms with Crippen LogP contribution in [0.5, 0.6) is 0 Å². The monoisotopic (exact) mass is 334 g/mol. The van der Waals surface area contributed by atoms with E-state index in [1.165, 1.54) is 0 Å². The molecule has 23 heavy (non-hydrogen) atoms. The zero-order valence-corrected chi connectivity index (χ0v) is 13.8. The van der Waals surface area contributed by atoms with Gasteiger partial charge in [0.1, 0.15) is 11.9 Å². The fourth-order valence-corrected chi connectivity index (χ4v) is 3.03. The molecule has 0 radical (unpaired) electrons. The summed E-state index contributed by atoms with van der Waals surface area (Å²) in [5.74, 6) is 0.797. The van der Waals surface area contributed by atoms with Crippen molar-refractivity contribution in [2.24, 2.45) is 7.05 Å². The number of benzene rings is 1. The van der Waals surface area contributed by atoms with Crippen molar-refractivity contribution in [2.75, 3.05) is 16.8 Å². The predicted octanol–water partition coefficient (Wildman–Crippen LogP) is 2.09. The maximum Gasteiger partial charge on any atom is 0.250 e. The van der Waals surface area contributed by atoms with E-state index in [-0.39, 0.29) is 18.6 Å². The van der Waals surface area contributed by atoms with Crippen molar-refractivity contribution in [3.63, 3.8) is 0 Å². The molecule has 122 valence electrons. The molecule has 6 nitrogen and oxygen atoms in total. The van der Waals surface area contributed by atoms with E-state index in [1.807, 2.05) is 20.0 Å². The molecule has 0 aliphatic carbocycles. The SMILES string of the molecule is Cc1cc(N2CCC(Nc3cc(CO)ccc3Cl)C2=O)n(C)n1. The summed E-state index contributed by atoms with van der Waals surface area (Å²) in [7, 11) is 1.83. The highest BCUT2D eigenvalue weighted by Crippen LogP contribution is 2.28. The zero-order valence-electron chi connectivity index (χ0n) is 13.1. The molecule has 7 heteroatoms. The molecule has 1 aliphatic rings. The third-order valence-electron chi connectivity index (χ3n) is 4.00. The maximum absolute atomic E-state index is 12.7. The van der Waals surface area contributed by atoms with Gasteiger partial charge in [-0.1, -0.05) is 17.7 Å². The molecular formula is C16H19ClN4O2. The number of aliphatic hydroxyl groups is 1. The maximum atomic E-state index is 12.7. The zero-order chi connectivity index (χ0) is 16.6. The summed E-state index contributed by atoms with van der Waals surface area (Å²) >= 11 is 6.18. The molecule has 1 aromatic carbocycles. The summed E-state index contributed by atoms with van der Waals surface area (Å²) in [5, 5.41) is 17.3. The second-order valence-corrected chi connectivity index (χ2v) is 6.12. The van der Waals surface area contributed by atoms with Crippen LogP contribution < -0.4 is 10.2 Å². The molecule has 0 saturated carbocycles. The number of hydrogen-bond donors (Lipinski definition) is 2. The number of hydrogen-bond acceptors (Lipinski definition) is 4. The second-order valence-electron chi connectivity index (χ2n) is 5.72. The number of rotatable bonds is 4. The molecule has 1 atom stereocenters. The van der Waals surface area contributed by atoms with Crippen molar-refractivity contribution >= 4 is 29.0 Å². The van der Waals surface area contributed by atoms with Gasteiger partial charge in [0, 0.05) is 19.7 Å². The summed E-state index contributed by atoms with van der Waals surface area (Å²) < 4.78 is 1.72. The van der Waals surface area contributed by atoms with Crippen molar-refractivity contribution in [3.05, 3.63) is 40.5 Å². The number of nitrogens with one attached hydrogen (secondary N) is 1. The Balaban J connectivity index is 1.79. The van der Waals surface area contributed by atoms with E-state index in [0.29, 0.717) is 23.7 Å². The van der Waals surface area contributed by atoms with Crippen LogP contribution in [0.2, 0.25) is 5.02 Å². The Labute approximate surface area is 139 Å². The predicted molar refractivity (Wildman–Crippen MR) is 89.7 cm³/mol. The molecule has 0 bridgehead atoms. The number of carbonyl (C=O) groups is 1. The van der Waals surface area contributed by atoms with Crippen molar-refractivity contribution < 1.29 is 9.90 Å². The van der Waals surface area contributed by atoms with Gasteiger partial charge >= 0.3 is 0 Å². The fraction of sp³-hybridized carbons (Fsp3) is 0.375. The van der Waals surface area contributed by atoms with Crippen molar-refractivity contribution in [1.29, 1.82) is 0 Å². The van der Waals surface area contributed by atoms with Gasteiger partial charge in [-0.05, 0) is 31.0 Å².